The topological polar surface area (TPSA) is 37.3 Å². The van der Waals surface area contributed by atoms with Crippen LogP contribution in [0, 0.1) is 0 Å². The lowest BCUT2D eigenvalue weighted by Gasteiger charge is -1.87. The highest BCUT2D eigenvalue weighted by molar-refractivity contribution is 5.85. The third-order valence-electron chi connectivity index (χ3n) is 1.88. The molecule has 2 heteroatoms. The molecule has 0 aromatic heterocycles. The standard InChI is InChI=1S/C9H8O2.C6H6/c10-9(11)7-6-8-4-2-1-3-5-8;1-2-4-6-5-3-1/h1-7H,(H,10,11);1-6H. The molecule has 0 saturated heterocycles. The lowest BCUT2D eigenvalue weighted by molar-refractivity contribution is -0.131. The minimum absolute atomic E-state index is 0.898. The van der Waals surface area contributed by atoms with Gasteiger partial charge < -0.3 is 5.11 Å². The van der Waals surface area contributed by atoms with E-state index >= 15 is 0 Å². The third-order valence-corrected chi connectivity index (χ3v) is 1.88. The van der Waals surface area contributed by atoms with Crippen molar-refractivity contribution < 1.29 is 9.90 Å². The fourth-order valence-corrected chi connectivity index (χ4v) is 1.12. The second-order valence-electron chi connectivity index (χ2n) is 3.24. The molecule has 0 bridgehead atoms. The maximum Gasteiger partial charge on any atom is 0.328 e. The summed E-state index contributed by atoms with van der Waals surface area (Å²) in [6, 6.07) is 21.3. The third kappa shape index (κ3) is 6.68. The normalized spacial score (nSPS) is 9.41. The number of carboxylic acid groups (broad SMARTS) is 1. The van der Waals surface area contributed by atoms with E-state index in [0.717, 1.165) is 11.6 Å². The summed E-state index contributed by atoms with van der Waals surface area (Å²) >= 11 is 0. The summed E-state index contributed by atoms with van der Waals surface area (Å²) in [6.45, 7) is 0. The zero-order valence-corrected chi connectivity index (χ0v) is 9.36. The van der Waals surface area contributed by atoms with Crippen LogP contribution in [0.2, 0.25) is 0 Å². The molecule has 2 aromatic rings. The Kier molecular flexibility index (Phi) is 5.89. The molecule has 0 unspecified atom stereocenters. The van der Waals surface area contributed by atoms with Gasteiger partial charge in [-0.2, -0.15) is 0 Å². The van der Waals surface area contributed by atoms with Gasteiger partial charge in [-0.25, -0.2) is 4.79 Å². The average molecular weight is 226 g/mol. The summed E-state index contributed by atoms with van der Waals surface area (Å²) in [5.74, 6) is -0.922. The summed E-state index contributed by atoms with van der Waals surface area (Å²) in [7, 11) is 0. The zero-order chi connectivity index (χ0) is 12.3. The minimum atomic E-state index is -0.922. The van der Waals surface area contributed by atoms with Crippen molar-refractivity contribution in [1.82, 2.24) is 0 Å². The van der Waals surface area contributed by atoms with E-state index in [0.29, 0.717) is 0 Å². The second kappa shape index (κ2) is 7.88. The molecule has 2 rings (SSSR count). The van der Waals surface area contributed by atoms with Gasteiger partial charge in [0.25, 0.3) is 0 Å². The SMILES string of the molecule is O=C(O)C=Cc1ccccc1.c1ccccc1. The van der Waals surface area contributed by atoms with Gasteiger partial charge in [0, 0.05) is 6.08 Å². The van der Waals surface area contributed by atoms with E-state index in [-0.39, 0.29) is 0 Å². The molecule has 1 N–H and O–H groups in total. The van der Waals surface area contributed by atoms with Crippen LogP contribution in [0.5, 0.6) is 0 Å². The molecule has 0 heterocycles. The first-order chi connectivity index (χ1) is 8.29. The molecule has 0 saturated carbocycles. The van der Waals surface area contributed by atoms with Crippen LogP contribution in [-0.4, -0.2) is 11.1 Å². The molecular weight excluding hydrogens is 212 g/mol. The van der Waals surface area contributed by atoms with Crippen LogP contribution in [-0.2, 0) is 4.79 Å². The molecule has 2 nitrogen and oxygen atoms in total. The molecule has 86 valence electrons. The fourth-order valence-electron chi connectivity index (χ4n) is 1.12. The van der Waals surface area contributed by atoms with Crippen molar-refractivity contribution in [2.45, 2.75) is 0 Å². The van der Waals surface area contributed by atoms with Crippen LogP contribution in [0.25, 0.3) is 6.08 Å². The predicted molar refractivity (Wildman–Crippen MR) is 69.6 cm³/mol. The van der Waals surface area contributed by atoms with Crippen LogP contribution in [0.4, 0.5) is 0 Å². The van der Waals surface area contributed by atoms with Crippen molar-refractivity contribution in [3.8, 4) is 0 Å². The molecular formula is C15H14O2. The number of aliphatic carboxylic acids is 1. The Hall–Kier alpha value is -2.35. The summed E-state index contributed by atoms with van der Waals surface area (Å²) in [5, 5.41) is 8.29. The van der Waals surface area contributed by atoms with Crippen molar-refractivity contribution >= 4 is 12.0 Å². The van der Waals surface area contributed by atoms with Crippen molar-refractivity contribution in [2.75, 3.05) is 0 Å². The average Bonchev–Trinajstić information content (AvgIpc) is 2.40. The molecule has 0 aliphatic heterocycles. The summed E-state index contributed by atoms with van der Waals surface area (Å²) in [5.41, 5.74) is 0.898. The van der Waals surface area contributed by atoms with Gasteiger partial charge in [0.05, 0.1) is 0 Å². The van der Waals surface area contributed by atoms with Gasteiger partial charge in [-0.15, -0.1) is 0 Å². The van der Waals surface area contributed by atoms with Gasteiger partial charge >= 0.3 is 5.97 Å². The minimum Gasteiger partial charge on any atom is -0.478 e. The maximum atomic E-state index is 10.1. The van der Waals surface area contributed by atoms with Crippen LogP contribution in [0.15, 0.2) is 72.8 Å². The van der Waals surface area contributed by atoms with Crippen molar-refractivity contribution in [1.29, 1.82) is 0 Å². The Bertz CT molecular complexity index is 420. The molecule has 0 aliphatic rings. The lowest BCUT2D eigenvalue weighted by Crippen LogP contribution is -1.85. The van der Waals surface area contributed by atoms with Gasteiger partial charge in [0.15, 0.2) is 0 Å². The zero-order valence-electron chi connectivity index (χ0n) is 9.36. The van der Waals surface area contributed by atoms with Gasteiger partial charge in [0.2, 0.25) is 0 Å². The molecule has 0 aliphatic carbocycles. The number of carbonyl (C=O) groups is 1. The van der Waals surface area contributed by atoms with Gasteiger partial charge in [-0.1, -0.05) is 66.7 Å². The largest absolute Gasteiger partial charge is 0.478 e. The highest BCUT2D eigenvalue weighted by Gasteiger charge is 1.85. The number of hydrogen-bond acceptors (Lipinski definition) is 1. The van der Waals surface area contributed by atoms with E-state index in [2.05, 4.69) is 0 Å². The summed E-state index contributed by atoms with van der Waals surface area (Å²) in [6.07, 6.45) is 2.68. The van der Waals surface area contributed by atoms with E-state index in [1.165, 1.54) is 0 Å². The van der Waals surface area contributed by atoms with Gasteiger partial charge in [0.1, 0.15) is 0 Å². The van der Waals surface area contributed by atoms with E-state index in [4.69, 9.17) is 5.11 Å². The summed E-state index contributed by atoms with van der Waals surface area (Å²) < 4.78 is 0. The van der Waals surface area contributed by atoms with E-state index in [1.807, 2.05) is 66.7 Å². The van der Waals surface area contributed by atoms with E-state index < -0.39 is 5.97 Å². The Morgan fingerprint density at radius 1 is 0.824 bits per heavy atom. The second-order valence-corrected chi connectivity index (χ2v) is 3.24. The van der Waals surface area contributed by atoms with E-state index in [1.54, 1.807) is 6.08 Å². The molecule has 0 radical (unpaired) electrons. The van der Waals surface area contributed by atoms with E-state index in [9.17, 15) is 4.79 Å². The van der Waals surface area contributed by atoms with Crippen LogP contribution in [0.3, 0.4) is 0 Å². The smallest absolute Gasteiger partial charge is 0.328 e. The number of benzene rings is 2. The highest BCUT2D eigenvalue weighted by Crippen LogP contribution is 1.99. The molecule has 2 aromatic carbocycles. The Balaban J connectivity index is 0.000000202. The number of carboxylic acids is 1. The van der Waals surface area contributed by atoms with Crippen molar-refractivity contribution in [3.63, 3.8) is 0 Å². The first-order valence-corrected chi connectivity index (χ1v) is 5.25. The van der Waals surface area contributed by atoms with Gasteiger partial charge in [-0.3, -0.25) is 0 Å². The highest BCUT2D eigenvalue weighted by atomic mass is 16.4. The van der Waals surface area contributed by atoms with Crippen LogP contribution >= 0.6 is 0 Å². The molecule has 0 atom stereocenters. The molecule has 0 fully saturated rings. The lowest BCUT2D eigenvalue weighted by atomic mass is 10.2. The fraction of sp³-hybridized carbons (Fsp3) is 0. The number of rotatable bonds is 2. The van der Waals surface area contributed by atoms with Crippen molar-refractivity contribution in [2.24, 2.45) is 0 Å². The first-order valence-electron chi connectivity index (χ1n) is 5.25. The first kappa shape index (κ1) is 12.7. The van der Waals surface area contributed by atoms with Gasteiger partial charge in [-0.05, 0) is 11.6 Å². The molecule has 0 amide bonds. The Morgan fingerprint density at radius 2 is 1.24 bits per heavy atom. The summed E-state index contributed by atoms with van der Waals surface area (Å²) in [4.78, 5) is 10.1. The van der Waals surface area contributed by atoms with Crippen LogP contribution < -0.4 is 0 Å². The Morgan fingerprint density at radius 3 is 1.65 bits per heavy atom. The molecule has 0 spiro atoms. The van der Waals surface area contributed by atoms with Crippen LogP contribution in [0.1, 0.15) is 5.56 Å². The maximum absolute atomic E-state index is 10.1. The van der Waals surface area contributed by atoms with Crippen molar-refractivity contribution in [3.05, 3.63) is 78.4 Å². The quantitative estimate of drug-likeness (QED) is 0.796. The molecule has 17 heavy (non-hydrogen) atoms. The monoisotopic (exact) mass is 226 g/mol. The predicted octanol–water partition coefficient (Wildman–Crippen LogP) is 3.47. The Labute approximate surface area is 101 Å². The number of hydrogen-bond donors (Lipinski definition) is 1.